The zero-order valence-electron chi connectivity index (χ0n) is 56.5. The number of carbonyl (C=O) groups is 4. The third-order valence-corrected chi connectivity index (χ3v) is 19.3. The van der Waals surface area contributed by atoms with Crippen LogP contribution in [0.1, 0.15) is 41.0 Å². The zero-order valence-corrected chi connectivity index (χ0v) is 56.5. The van der Waals surface area contributed by atoms with Crippen molar-refractivity contribution >= 4 is 24.2 Å². The van der Waals surface area contributed by atoms with Gasteiger partial charge in [-0.05, 0) is 6.92 Å². The van der Waals surface area contributed by atoms with E-state index in [1.807, 2.05) is 0 Å². The van der Waals surface area contributed by atoms with Crippen LogP contribution >= 0.6 is 0 Å². The molecule has 25 N–H and O–H groups in total. The molecule has 45 heteroatoms. The lowest BCUT2D eigenvalue weighted by molar-refractivity contribution is -0.448. The molecule has 8 aliphatic rings. The fourth-order valence-electron chi connectivity index (χ4n) is 13.7. The lowest BCUT2D eigenvalue weighted by atomic mass is 9.87. The van der Waals surface area contributed by atoms with Gasteiger partial charge in [-0.2, -0.15) is 0 Å². The smallest absolute Gasteiger partial charge is 0.332 e. The maximum atomic E-state index is 13.1. The van der Waals surface area contributed by atoms with Crippen LogP contribution in [0.3, 0.4) is 0 Å². The molecule has 104 heavy (non-hydrogen) atoms. The van der Waals surface area contributed by atoms with E-state index in [0.717, 1.165) is 20.8 Å². The first kappa shape index (κ1) is 86.0. The van der Waals surface area contributed by atoms with Gasteiger partial charge in [-0.3, -0.25) is 19.2 Å². The number of nitrogens with one attached hydrogen (secondary N) is 3. The Morgan fingerprint density at radius 3 is 1.32 bits per heavy atom. The number of hydrogen-bond acceptors (Lipinski definition) is 42. The maximum Gasteiger partial charge on any atom is 0.332 e. The van der Waals surface area contributed by atoms with E-state index in [0.29, 0.717) is 0 Å². The summed E-state index contributed by atoms with van der Waals surface area (Å²) in [5.41, 5.74) is 0. The van der Waals surface area contributed by atoms with Gasteiger partial charge in [0, 0.05) is 26.7 Å². The summed E-state index contributed by atoms with van der Waals surface area (Å²) in [6.07, 6.45) is -72.6. The van der Waals surface area contributed by atoms with Crippen molar-refractivity contribution in [1.29, 1.82) is 0 Å². The Kier molecular flexibility index (Phi) is 30.9. The molecule has 0 aliphatic carbocycles. The first-order valence-corrected chi connectivity index (χ1v) is 33.4. The van der Waals surface area contributed by atoms with Crippen molar-refractivity contribution in [1.82, 2.24) is 16.0 Å². The molecule has 0 saturated carbocycles. The van der Waals surface area contributed by atoms with Gasteiger partial charge in [0.25, 0.3) is 6.47 Å². The lowest BCUT2D eigenvalue weighted by Crippen LogP contribution is -2.71. The van der Waals surface area contributed by atoms with Gasteiger partial charge in [-0.1, -0.05) is 6.92 Å². The van der Waals surface area contributed by atoms with Crippen LogP contribution in [0.5, 0.6) is 0 Å². The van der Waals surface area contributed by atoms with E-state index in [2.05, 4.69) is 16.0 Å². The highest BCUT2D eigenvalue weighted by molar-refractivity contribution is 5.74. The summed E-state index contributed by atoms with van der Waals surface area (Å²) in [6.45, 7) is -2.70. The van der Waals surface area contributed by atoms with E-state index in [1.165, 1.54) is 13.8 Å². The number of amides is 3. The SMILES string of the molecule is CC(=O)NC1[C@H](O[C@@H]2C(CO)O[C@@H](C)C(NC(C)=O)[C@H]2O)OC(CO)[C@@H](O[C@@H]2OC(CO[C@H]3OC(CO)[C@@H](O)[C@H](O)C3O)[C@@H](O)[C@H](O[C@H]3O[C@H](CO)[C@@H](O)C(O)C3O[C@@H]3OC(CO)[C@@H](O[C@@H]4OC(CO)[C@H](O)[C@H](O[C@]5(OC=O)CC(O)[C@@H](C)C([C@H](O)[C@H](O)CO)O5)C4O)[C@H](O)C3NC(C)=O)C2O)[C@@H]1O. The molecule has 0 radical (unpaired) electrons. The molecular weight excluding hydrogens is 1420 g/mol. The highest BCUT2D eigenvalue weighted by atomic mass is 16.9. The average Bonchev–Trinajstić information content (AvgIpc) is 0.765. The van der Waals surface area contributed by atoms with E-state index in [4.69, 9.17) is 75.8 Å². The molecule has 41 atom stereocenters. The summed E-state index contributed by atoms with van der Waals surface area (Å²) >= 11 is 0. The van der Waals surface area contributed by atoms with E-state index in [-0.39, 0.29) is 6.47 Å². The lowest BCUT2D eigenvalue weighted by Gasteiger charge is -2.51. The fraction of sp³-hybridized carbons (Fsp3) is 0.932. The second-order valence-corrected chi connectivity index (χ2v) is 26.6. The monoisotopic (exact) mass is 1520 g/mol. The van der Waals surface area contributed by atoms with Crippen LogP contribution in [0.25, 0.3) is 0 Å². The maximum absolute atomic E-state index is 13.1. The van der Waals surface area contributed by atoms with E-state index >= 15 is 0 Å². The van der Waals surface area contributed by atoms with Crippen molar-refractivity contribution < 1.29 is 207 Å². The van der Waals surface area contributed by atoms with Crippen molar-refractivity contribution in [2.45, 2.75) is 286 Å². The number of aliphatic hydroxyl groups excluding tert-OH is 22. The molecule has 8 rings (SSSR count). The quantitative estimate of drug-likeness (QED) is 0.0244. The summed E-state index contributed by atoms with van der Waals surface area (Å²) in [5.74, 6) is -6.38. The van der Waals surface area contributed by atoms with Crippen LogP contribution in [0, 0.1) is 5.92 Å². The first-order chi connectivity index (χ1) is 49.2. The van der Waals surface area contributed by atoms with Crippen LogP contribution in [-0.2, 0) is 95.0 Å². The van der Waals surface area contributed by atoms with Crippen molar-refractivity contribution in [3.05, 3.63) is 0 Å². The predicted octanol–water partition coefficient (Wildman–Crippen LogP) is -16.4. The second kappa shape index (κ2) is 37.4. The van der Waals surface area contributed by atoms with Crippen molar-refractivity contribution in [2.24, 2.45) is 5.92 Å². The Hall–Kier alpha value is -3.60. The Balaban J connectivity index is 1.08. The number of aliphatic hydroxyl groups is 22. The molecule has 3 amide bonds. The molecule has 0 aromatic rings. The molecular formula is C59H99N3O42. The number of hydrogen-bond donors (Lipinski definition) is 25. The average molecular weight is 1520 g/mol. The van der Waals surface area contributed by atoms with Gasteiger partial charge in [0.05, 0.1) is 83.6 Å². The van der Waals surface area contributed by atoms with Gasteiger partial charge >= 0.3 is 5.97 Å². The van der Waals surface area contributed by atoms with Gasteiger partial charge in [-0.15, -0.1) is 0 Å². The van der Waals surface area contributed by atoms with Crippen LogP contribution < -0.4 is 16.0 Å². The Bertz CT molecular complexity index is 2710. The minimum atomic E-state index is -2.85. The summed E-state index contributed by atoms with van der Waals surface area (Å²) < 4.78 is 94.0. The Morgan fingerprint density at radius 2 is 0.827 bits per heavy atom. The van der Waals surface area contributed by atoms with Gasteiger partial charge in [-0.25, -0.2) is 0 Å². The van der Waals surface area contributed by atoms with Crippen molar-refractivity contribution in [2.75, 3.05) is 52.9 Å². The molecule has 8 heterocycles. The van der Waals surface area contributed by atoms with Gasteiger partial charge in [0.1, 0.15) is 177 Å². The molecule has 602 valence electrons. The Morgan fingerprint density at radius 1 is 0.433 bits per heavy atom. The largest absolute Gasteiger partial charge is 0.410 e. The van der Waals surface area contributed by atoms with Gasteiger partial charge in [0.15, 0.2) is 37.7 Å². The highest BCUT2D eigenvalue weighted by Crippen LogP contribution is 2.42. The first-order valence-electron chi connectivity index (χ1n) is 33.4. The van der Waals surface area contributed by atoms with Gasteiger partial charge < -0.3 is 204 Å². The molecule has 8 saturated heterocycles. The van der Waals surface area contributed by atoms with Crippen LogP contribution in [-0.4, -0.2) is 434 Å². The number of carbonyl (C=O) groups excluding carboxylic acids is 4. The van der Waals surface area contributed by atoms with E-state index in [1.54, 1.807) is 0 Å². The van der Waals surface area contributed by atoms with E-state index < -0.39 is 328 Å². The minimum Gasteiger partial charge on any atom is -0.410 e. The zero-order chi connectivity index (χ0) is 76.8. The van der Waals surface area contributed by atoms with E-state index in [9.17, 15) is 132 Å². The summed E-state index contributed by atoms with van der Waals surface area (Å²) in [4.78, 5) is 50.1. The molecule has 0 aromatic carbocycles. The molecule has 45 nitrogen and oxygen atoms in total. The van der Waals surface area contributed by atoms with Crippen LogP contribution in [0.4, 0.5) is 0 Å². The van der Waals surface area contributed by atoms with Gasteiger partial charge in [0.2, 0.25) is 17.7 Å². The van der Waals surface area contributed by atoms with Crippen LogP contribution in [0.15, 0.2) is 0 Å². The normalized spacial score (nSPS) is 47.9. The molecule has 16 unspecified atom stereocenters. The third-order valence-electron chi connectivity index (χ3n) is 19.3. The Labute approximate surface area is 590 Å². The van der Waals surface area contributed by atoms with Crippen molar-refractivity contribution in [3.8, 4) is 0 Å². The molecule has 0 spiro atoms. The second-order valence-electron chi connectivity index (χ2n) is 26.6. The summed E-state index contributed by atoms with van der Waals surface area (Å²) in [5, 5.41) is 251. The fourth-order valence-corrected chi connectivity index (χ4v) is 13.7. The minimum absolute atomic E-state index is 0.236. The highest BCUT2D eigenvalue weighted by Gasteiger charge is 2.61. The number of ether oxygens (including phenoxy) is 16. The topological polar surface area (TPSA) is 697 Å². The molecule has 0 bridgehead atoms. The molecule has 8 fully saturated rings. The summed E-state index contributed by atoms with van der Waals surface area (Å²) in [6, 6.07) is -4.97. The number of rotatable bonds is 29. The molecule has 0 aromatic heterocycles. The third kappa shape index (κ3) is 18.9. The summed E-state index contributed by atoms with van der Waals surface area (Å²) in [7, 11) is 0. The predicted molar refractivity (Wildman–Crippen MR) is 323 cm³/mol. The standard InChI is InChI=1S/C59H99N3O42/c1-16-21(74)6-59(90-15-70,103-46(16)33(76)22(75)7-63)104-51-36(79)25(10-66)93-57(45(51)88)100-49-28(13-69)96-54(32(40(49)83)62-20(5)73)102-52-42(85)35(78)24(9-65)94-58(52)101-50-37(80)29(14-89-55-43(86)41(84)34(77)23(8-64)92-55)97-56(44(50)87)99-48-27(12-68)95-53(31(39(48)82)61-19(4)72)98-47-26(11-67)91-17(2)30(38(47)81)60-18(3)71/h15-17,21-58,63-69,74-88H,6-14H2,1-5H3,(H,60,71)(H,61,72)(H,62,73)/t16-,17+,21?,22-,23?,24-,25?,26?,27?,28?,29?,30?,31?,32?,33-,34-,35-,36+,37-,38-,39-,40-,41+,42?,43?,44?,45?,46?,47-,48-,49-,50+,51+,52?,53+,54+,55+,56+,57+,58-,59+/m1/s1. The van der Waals surface area contributed by atoms with Crippen molar-refractivity contribution in [3.63, 3.8) is 0 Å². The van der Waals surface area contributed by atoms with Crippen LogP contribution in [0.2, 0.25) is 0 Å². The molecule has 8 aliphatic heterocycles.